The molecule has 0 atom stereocenters. The minimum absolute atomic E-state index is 0.109. The van der Waals surface area contributed by atoms with E-state index in [9.17, 15) is 9.59 Å². The fourth-order valence-electron chi connectivity index (χ4n) is 2.23. The molecule has 3 heterocycles. The lowest BCUT2D eigenvalue weighted by Crippen LogP contribution is -2.36. The van der Waals surface area contributed by atoms with Crippen molar-refractivity contribution in [3.05, 3.63) is 58.3 Å². The third-order valence-corrected chi connectivity index (χ3v) is 3.91. The Kier molecular flexibility index (Phi) is 4.66. The van der Waals surface area contributed by atoms with Crippen LogP contribution in [-0.4, -0.2) is 27.7 Å². The molecule has 3 aromatic heterocycles. The van der Waals surface area contributed by atoms with Crippen molar-refractivity contribution < 1.29 is 14.0 Å². The third kappa shape index (κ3) is 3.65. The van der Waals surface area contributed by atoms with E-state index in [2.05, 4.69) is 31.5 Å². The van der Waals surface area contributed by atoms with Crippen molar-refractivity contribution in [1.29, 1.82) is 0 Å². The summed E-state index contributed by atoms with van der Waals surface area (Å²) < 4.78 is 7.87. The molecule has 2 amide bonds. The van der Waals surface area contributed by atoms with Gasteiger partial charge in [-0.05, 0) is 41.1 Å². The maximum atomic E-state index is 11.9. The Morgan fingerprint density at radius 1 is 1.25 bits per heavy atom. The number of carbonyl (C=O) groups excluding carboxylic acids is 2. The average molecular weight is 391 g/mol. The lowest BCUT2D eigenvalue weighted by Gasteiger charge is -2.05. The summed E-state index contributed by atoms with van der Waals surface area (Å²) >= 11 is 3.39. The van der Waals surface area contributed by atoms with Crippen LogP contribution in [0, 0.1) is 6.92 Å². The molecule has 3 rings (SSSR count). The topological polar surface area (TPSA) is 88.6 Å². The minimum Gasteiger partial charge on any atom is -0.469 e. The molecule has 0 bridgehead atoms. The summed E-state index contributed by atoms with van der Waals surface area (Å²) in [5, 5.41) is 5.28. The van der Waals surface area contributed by atoms with E-state index in [1.54, 1.807) is 13.0 Å². The van der Waals surface area contributed by atoms with Crippen LogP contribution in [-0.2, 0) is 11.3 Å². The van der Waals surface area contributed by atoms with E-state index in [0.717, 1.165) is 15.8 Å². The Labute approximate surface area is 146 Å². The summed E-state index contributed by atoms with van der Waals surface area (Å²) in [6, 6.07) is 5.35. The van der Waals surface area contributed by atoms with Crippen molar-refractivity contribution in [3.63, 3.8) is 0 Å². The van der Waals surface area contributed by atoms with Crippen LogP contribution >= 0.6 is 15.9 Å². The van der Waals surface area contributed by atoms with Gasteiger partial charge in [0.05, 0.1) is 30.6 Å². The number of hydrogen-bond donors (Lipinski definition) is 2. The number of furan rings is 1. The number of carbonyl (C=O) groups is 2. The van der Waals surface area contributed by atoms with Crippen molar-refractivity contribution in [2.45, 2.75) is 13.5 Å². The van der Waals surface area contributed by atoms with Gasteiger partial charge in [-0.25, -0.2) is 4.98 Å². The van der Waals surface area contributed by atoms with Gasteiger partial charge in [-0.3, -0.25) is 9.59 Å². The number of nitrogens with zero attached hydrogens (tertiary/aromatic N) is 2. The van der Waals surface area contributed by atoms with E-state index >= 15 is 0 Å². The van der Waals surface area contributed by atoms with E-state index in [0.29, 0.717) is 17.9 Å². The summed E-state index contributed by atoms with van der Waals surface area (Å²) in [6.45, 7) is 1.87. The number of amides is 2. The van der Waals surface area contributed by atoms with Gasteiger partial charge in [-0.2, -0.15) is 0 Å². The molecule has 0 aliphatic rings. The molecule has 0 aliphatic carbocycles. The maximum absolute atomic E-state index is 11.9. The normalized spacial score (nSPS) is 10.8. The monoisotopic (exact) mass is 390 g/mol. The molecule has 0 spiro atoms. The lowest BCUT2D eigenvalue weighted by atomic mass is 10.2. The molecule has 2 N–H and O–H groups in total. The first-order chi connectivity index (χ1) is 11.5. The van der Waals surface area contributed by atoms with Crippen LogP contribution in [0.4, 0.5) is 0 Å². The van der Waals surface area contributed by atoms with Crippen molar-refractivity contribution in [3.8, 4) is 0 Å². The van der Waals surface area contributed by atoms with Crippen LogP contribution in [0.2, 0.25) is 0 Å². The van der Waals surface area contributed by atoms with Crippen LogP contribution < -0.4 is 10.6 Å². The molecule has 0 unspecified atom stereocenters. The number of rotatable bonds is 5. The number of aryl methyl sites for hydroxylation is 1. The first kappa shape index (κ1) is 16.3. The van der Waals surface area contributed by atoms with Crippen molar-refractivity contribution >= 4 is 33.4 Å². The van der Waals surface area contributed by atoms with Gasteiger partial charge < -0.3 is 19.5 Å². The Morgan fingerprint density at radius 3 is 2.83 bits per heavy atom. The van der Waals surface area contributed by atoms with E-state index in [1.807, 2.05) is 28.9 Å². The van der Waals surface area contributed by atoms with Gasteiger partial charge in [-0.1, -0.05) is 0 Å². The Hall–Kier alpha value is -2.61. The Morgan fingerprint density at radius 2 is 2.08 bits per heavy atom. The van der Waals surface area contributed by atoms with Crippen molar-refractivity contribution in [2.75, 3.05) is 6.54 Å². The molecule has 7 nitrogen and oxygen atoms in total. The number of halogens is 1. The Balaban J connectivity index is 1.51. The quantitative estimate of drug-likeness (QED) is 0.697. The van der Waals surface area contributed by atoms with Crippen LogP contribution in [0.25, 0.3) is 5.65 Å². The van der Waals surface area contributed by atoms with E-state index in [4.69, 9.17) is 4.42 Å². The number of pyridine rings is 1. The van der Waals surface area contributed by atoms with Crippen LogP contribution in [0.15, 0.2) is 45.7 Å². The molecule has 0 saturated carbocycles. The highest BCUT2D eigenvalue weighted by atomic mass is 79.9. The first-order valence-corrected chi connectivity index (χ1v) is 8.04. The predicted octanol–water partition coefficient (Wildman–Crippen LogP) is 2.04. The van der Waals surface area contributed by atoms with Gasteiger partial charge in [0.1, 0.15) is 11.4 Å². The van der Waals surface area contributed by atoms with E-state index in [1.165, 1.54) is 6.26 Å². The molecule has 0 radical (unpaired) electrons. The standard InChI is InChI=1S/C16H15BrN4O3/c1-10-13(4-5-24-10)16(23)19-7-15(22)18-6-12-9-21-8-11(17)2-3-14(21)20-12/h2-5,8-9H,6-7H2,1H3,(H,18,22)(H,19,23). The molecule has 0 aliphatic heterocycles. The number of nitrogens with one attached hydrogen (secondary N) is 2. The summed E-state index contributed by atoms with van der Waals surface area (Å²) in [5.41, 5.74) is 1.96. The summed E-state index contributed by atoms with van der Waals surface area (Å²) in [5.74, 6) is -0.111. The van der Waals surface area contributed by atoms with Gasteiger partial charge in [0.25, 0.3) is 5.91 Å². The zero-order valence-electron chi connectivity index (χ0n) is 12.9. The van der Waals surface area contributed by atoms with Gasteiger partial charge in [0.2, 0.25) is 5.91 Å². The van der Waals surface area contributed by atoms with Crippen LogP contribution in [0.3, 0.4) is 0 Å². The second-order valence-electron chi connectivity index (χ2n) is 5.19. The van der Waals surface area contributed by atoms with Crippen LogP contribution in [0.1, 0.15) is 21.8 Å². The molecular formula is C16H15BrN4O3. The fraction of sp³-hybridized carbons (Fsp3) is 0.188. The smallest absolute Gasteiger partial charge is 0.255 e. The SMILES string of the molecule is Cc1occc1C(=O)NCC(=O)NCc1cn2cc(Br)ccc2n1. The van der Waals surface area contributed by atoms with Gasteiger partial charge in [-0.15, -0.1) is 0 Å². The molecule has 24 heavy (non-hydrogen) atoms. The number of imidazole rings is 1. The minimum atomic E-state index is -0.339. The first-order valence-electron chi connectivity index (χ1n) is 7.25. The molecular weight excluding hydrogens is 376 g/mol. The van der Waals surface area contributed by atoms with E-state index in [-0.39, 0.29) is 18.4 Å². The molecule has 3 aromatic rings. The summed E-state index contributed by atoms with van der Waals surface area (Å²) in [7, 11) is 0. The highest BCUT2D eigenvalue weighted by Crippen LogP contribution is 2.12. The van der Waals surface area contributed by atoms with Crippen LogP contribution in [0.5, 0.6) is 0 Å². The molecule has 0 saturated heterocycles. The second kappa shape index (κ2) is 6.88. The number of fused-ring (bicyclic) bond motifs is 1. The van der Waals surface area contributed by atoms with Crippen molar-refractivity contribution in [2.24, 2.45) is 0 Å². The predicted molar refractivity (Wildman–Crippen MR) is 90.5 cm³/mol. The Bertz CT molecular complexity index is 900. The highest BCUT2D eigenvalue weighted by molar-refractivity contribution is 9.10. The number of hydrogen-bond acceptors (Lipinski definition) is 4. The van der Waals surface area contributed by atoms with Gasteiger partial charge >= 0.3 is 0 Å². The zero-order chi connectivity index (χ0) is 17.1. The zero-order valence-corrected chi connectivity index (χ0v) is 14.5. The maximum Gasteiger partial charge on any atom is 0.255 e. The second-order valence-corrected chi connectivity index (χ2v) is 6.11. The van der Waals surface area contributed by atoms with E-state index < -0.39 is 0 Å². The van der Waals surface area contributed by atoms with Gasteiger partial charge in [0.15, 0.2) is 0 Å². The number of aromatic nitrogens is 2. The largest absolute Gasteiger partial charge is 0.469 e. The average Bonchev–Trinajstić information content (AvgIpc) is 3.15. The molecule has 0 fully saturated rings. The summed E-state index contributed by atoms with van der Waals surface area (Å²) in [4.78, 5) is 28.1. The molecule has 8 heteroatoms. The molecule has 124 valence electrons. The lowest BCUT2D eigenvalue weighted by molar-refractivity contribution is -0.120. The molecule has 0 aromatic carbocycles. The van der Waals surface area contributed by atoms with Gasteiger partial charge in [0, 0.05) is 16.9 Å². The van der Waals surface area contributed by atoms with Crippen molar-refractivity contribution in [1.82, 2.24) is 20.0 Å². The fourth-order valence-corrected chi connectivity index (χ4v) is 2.58. The third-order valence-electron chi connectivity index (χ3n) is 3.44. The summed E-state index contributed by atoms with van der Waals surface area (Å²) in [6.07, 6.45) is 5.17. The highest BCUT2D eigenvalue weighted by Gasteiger charge is 2.12.